The Labute approximate surface area is 135 Å². The van der Waals surface area contributed by atoms with Crippen LogP contribution in [0.15, 0.2) is 36.4 Å². The largest absolute Gasteiger partial charge is 0.399 e. The Balaban J connectivity index is 1.63. The lowest BCUT2D eigenvalue weighted by Crippen LogP contribution is -2.32. The van der Waals surface area contributed by atoms with Gasteiger partial charge in [-0.25, -0.2) is 0 Å². The summed E-state index contributed by atoms with van der Waals surface area (Å²) in [5.74, 6) is 0. The maximum Gasteiger partial charge on any atom is 0.0595 e. The quantitative estimate of drug-likeness (QED) is 0.860. The zero-order valence-corrected chi connectivity index (χ0v) is 13.3. The van der Waals surface area contributed by atoms with Crippen molar-refractivity contribution in [3.05, 3.63) is 63.1 Å². The van der Waals surface area contributed by atoms with Crippen LogP contribution in [0.3, 0.4) is 0 Å². The van der Waals surface area contributed by atoms with E-state index in [1.165, 1.54) is 16.7 Å². The molecule has 0 atom stereocenters. The number of anilines is 1. The van der Waals surface area contributed by atoms with E-state index in [4.69, 9.17) is 28.9 Å². The van der Waals surface area contributed by atoms with Crippen LogP contribution >= 0.6 is 23.2 Å². The van der Waals surface area contributed by atoms with Gasteiger partial charge in [0, 0.05) is 25.3 Å². The Bertz CT molecular complexity index is 638. The van der Waals surface area contributed by atoms with E-state index in [0.29, 0.717) is 10.0 Å². The van der Waals surface area contributed by atoms with Crippen LogP contribution in [0.5, 0.6) is 0 Å². The number of rotatable bonds is 3. The Kier molecular flexibility index (Phi) is 4.39. The van der Waals surface area contributed by atoms with Crippen molar-refractivity contribution < 1.29 is 0 Å². The highest BCUT2D eigenvalue weighted by Crippen LogP contribution is 2.29. The summed E-state index contributed by atoms with van der Waals surface area (Å²) >= 11 is 12.2. The number of nitrogens with zero attached hydrogens (tertiary/aromatic N) is 1. The molecule has 110 valence electrons. The third-order valence-corrected chi connectivity index (χ3v) is 4.75. The topological polar surface area (TPSA) is 29.3 Å². The van der Waals surface area contributed by atoms with Crippen molar-refractivity contribution in [1.29, 1.82) is 0 Å². The summed E-state index contributed by atoms with van der Waals surface area (Å²) in [5, 5.41) is 1.31. The maximum absolute atomic E-state index is 6.12. The number of hydrogen-bond acceptors (Lipinski definition) is 2. The molecule has 21 heavy (non-hydrogen) atoms. The van der Waals surface area contributed by atoms with Gasteiger partial charge in [0.1, 0.15) is 0 Å². The van der Waals surface area contributed by atoms with E-state index in [1.54, 1.807) is 0 Å². The molecular weight excluding hydrogens is 303 g/mol. The van der Waals surface area contributed by atoms with Crippen LogP contribution in [0.2, 0.25) is 10.0 Å². The van der Waals surface area contributed by atoms with Crippen molar-refractivity contribution in [3.63, 3.8) is 0 Å². The van der Waals surface area contributed by atoms with Gasteiger partial charge in [-0.2, -0.15) is 0 Å². The van der Waals surface area contributed by atoms with E-state index < -0.39 is 0 Å². The molecule has 1 aliphatic rings. The highest BCUT2D eigenvalue weighted by atomic mass is 35.5. The molecule has 2 nitrogen and oxygen atoms in total. The number of nitrogens with two attached hydrogens (primary N) is 1. The lowest BCUT2D eigenvalue weighted by Gasteiger charge is -2.29. The summed E-state index contributed by atoms with van der Waals surface area (Å²) in [4.78, 5) is 2.46. The summed E-state index contributed by atoms with van der Waals surface area (Å²) in [6, 6.07) is 12.1. The number of benzene rings is 2. The minimum Gasteiger partial charge on any atom is -0.399 e. The first-order valence-corrected chi connectivity index (χ1v) is 7.91. The average Bonchev–Trinajstić information content (AvgIpc) is 2.48. The van der Waals surface area contributed by atoms with E-state index in [9.17, 15) is 0 Å². The van der Waals surface area contributed by atoms with Gasteiger partial charge >= 0.3 is 0 Å². The standard InChI is InChI=1S/C17H18Cl2N2/c18-16-9-13-6-8-21(11-14(13)10-17(16)19)7-5-12-1-3-15(20)4-2-12/h1-4,9-10H,5-8,11,20H2. The Morgan fingerprint density at radius 2 is 1.67 bits per heavy atom. The predicted molar refractivity (Wildman–Crippen MR) is 90.0 cm³/mol. The Morgan fingerprint density at radius 1 is 1.00 bits per heavy atom. The minimum atomic E-state index is 0.649. The number of hydrogen-bond donors (Lipinski definition) is 1. The highest BCUT2D eigenvalue weighted by Gasteiger charge is 2.17. The first kappa shape index (κ1) is 14.7. The zero-order valence-electron chi connectivity index (χ0n) is 11.8. The molecule has 0 radical (unpaired) electrons. The molecule has 3 rings (SSSR count). The molecular formula is C17H18Cl2N2. The summed E-state index contributed by atoms with van der Waals surface area (Å²) < 4.78 is 0. The van der Waals surface area contributed by atoms with Crippen molar-refractivity contribution in [2.45, 2.75) is 19.4 Å². The fourth-order valence-corrected chi connectivity index (χ4v) is 3.14. The van der Waals surface area contributed by atoms with Crippen LogP contribution in [-0.4, -0.2) is 18.0 Å². The maximum atomic E-state index is 6.12. The molecule has 0 bridgehead atoms. The first-order valence-electron chi connectivity index (χ1n) is 7.15. The molecule has 0 unspecified atom stereocenters. The zero-order chi connectivity index (χ0) is 14.8. The number of nitrogen functional groups attached to an aromatic ring is 1. The summed E-state index contributed by atoms with van der Waals surface area (Å²) in [6.45, 7) is 3.06. The number of fused-ring (bicyclic) bond motifs is 1. The molecule has 2 N–H and O–H groups in total. The van der Waals surface area contributed by atoms with Gasteiger partial charge in [0.15, 0.2) is 0 Å². The monoisotopic (exact) mass is 320 g/mol. The molecule has 4 heteroatoms. The SMILES string of the molecule is Nc1ccc(CCN2CCc3cc(Cl)c(Cl)cc3C2)cc1. The third-order valence-electron chi connectivity index (χ3n) is 4.03. The average molecular weight is 321 g/mol. The molecule has 1 heterocycles. The molecule has 0 saturated heterocycles. The van der Waals surface area contributed by atoms with Crippen LogP contribution in [0, 0.1) is 0 Å². The van der Waals surface area contributed by atoms with Crippen LogP contribution < -0.4 is 5.73 Å². The molecule has 1 aliphatic heterocycles. The van der Waals surface area contributed by atoms with E-state index in [2.05, 4.69) is 17.0 Å². The normalized spacial score (nSPS) is 15.0. The second-order valence-electron chi connectivity index (χ2n) is 5.55. The Hall–Kier alpha value is -1.22. The lowest BCUT2D eigenvalue weighted by molar-refractivity contribution is 0.257. The van der Waals surface area contributed by atoms with Crippen molar-refractivity contribution >= 4 is 28.9 Å². The first-order chi connectivity index (χ1) is 10.1. The highest BCUT2D eigenvalue weighted by molar-refractivity contribution is 6.42. The van der Waals surface area contributed by atoms with E-state index in [-0.39, 0.29) is 0 Å². The fraction of sp³-hybridized carbons (Fsp3) is 0.294. The van der Waals surface area contributed by atoms with Gasteiger partial charge in [0.05, 0.1) is 10.0 Å². The lowest BCUT2D eigenvalue weighted by atomic mass is 9.99. The summed E-state index contributed by atoms with van der Waals surface area (Å²) in [6.07, 6.45) is 2.07. The van der Waals surface area contributed by atoms with Gasteiger partial charge in [-0.05, 0) is 53.8 Å². The second kappa shape index (κ2) is 6.27. The molecule has 0 spiro atoms. The van der Waals surface area contributed by atoms with Gasteiger partial charge in [0.25, 0.3) is 0 Å². The molecule has 0 fully saturated rings. The van der Waals surface area contributed by atoms with Crippen LogP contribution in [0.1, 0.15) is 16.7 Å². The molecule has 2 aromatic rings. The molecule has 0 aromatic heterocycles. The molecule has 2 aromatic carbocycles. The van der Waals surface area contributed by atoms with Crippen molar-refractivity contribution in [1.82, 2.24) is 4.90 Å². The summed E-state index contributed by atoms with van der Waals surface area (Å²) in [5.41, 5.74) is 10.5. The predicted octanol–water partition coefficient (Wildman–Crippen LogP) is 4.18. The van der Waals surface area contributed by atoms with Crippen LogP contribution in [-0.2, 0) is 19.4 Å². The number of halogens is 2. The van der Waals surface area contributed by atoms with Crippen LogP contribution in [0.4, 0.5) is 5.69 Å². The second-order valence-corrected chi connectivity index (χ2v) is 6.37. The van der Waals surface area contributed by atoms with Gasteiger partial charge in [0.2, 0.25) is 0 Å². The smallest absolute Gasteiger partial charge is 0.0595 e. The molecule has 0 amide bonds. The van der Waals surface area contributed by atoms with Crippen LogP contribution in [0.25, 0.3) is 0 Å². The van der Waals surface area contributed by atoms with Crippen molar-refractivity contribution in [3.8, 4) is 0 Å². The van der Waals surface area contributed by atoms with Crippen molar-refractivity contribution in [2.75, 3.05) is 18.8 Å². The van der Waals surface area contributed by atoms with Gasteiger partial charge in [-0.15, -0.1) is 0 Å². The fourth-order valence-electron chi connectivity index (χ4n) is 2.77. The minimum absolute atomic E-state index is 0.649. The molecule has 0 saturated carbocycles. The summed E-state index contributed by atoms with van der Waals surface area (Å²) in [7, 11) is 0. The van der Waals surface area contributed by atoms with E-state index >= 15 is 0 Å². The van der Waals surface area contributed by atoms with E-state index in [0.717, 1.165) is 38.2 Å². The Morgan fingerprint density at radius 3 is 2.38 bits per heavy atom. The van der Waals surface area contributed by atoms with Gasteiger partial charge in [-0.3, -0.25) is 4.90 Å². The van der Waals surface area contributed by atoms with Gasteiger partial charge in [-0.1, -0.05) is 35.3 Å². The third kappa shape index (κ3) is 3.52. The van der Waals surface area contributed by atoms with Gasteiger partial charge < -0.3 is 5.73 Å². The molecule has 0 aliphatic carbocycles. The van der Waals surface area contributed by atoms with Crippen molar-refractivity contribution in [2.24, 2.45) is 0 Å². The van der Waals surface area contributed by atoms with E-state index in [1.807, 2.05) is 24.3 Å².